The van der Waals surface area contributed by atoms with Gasteiger partial charge in [-0.1, -0.05) is 83.4 Å². The van der Waals surface area contributed by atoms with Gasteiger partial charge in [0.15, 0.2) is 26.5 Å². The van der Waals surface area contributed by atoms with Gasteiger partial charge in [-0.3, -0.25) is 9.59 Å². The van der Waals surface area contributed by atoms with E-state index in [2.05, 4.69) is 25.9 Å². The van der Waals surface area contributed by atoms with Crippen LogP contribution in [0.3, 0.4) is 0 Å². The number of hydrogen-bond acceptors (Lipinski definition) is 11. The molecule has 0 aliphatic carbocycles. The van der Waals surface area contributed by atoms with Gasteiger partial charge in [-0.15, -0.1) is 0 Å². The van der Waals surface area contributed by atoms with E-state index in [1.807, 2.05) is 48.5 Å². The Morgan fingerprint density at radius 3 is 1.61 bits per heavy atom. The summed E-state index contributed by atoms with van der Waals surface area (Å²) >= 11 is 0. The van der Waals surface area contributed by atoms with Crippen molar-refractivity contribution in [1.29, 1.82) is 0 Å². The Bertz CT molecular complexity index is 2160. The lowest BCUT2D eigenvalue weighted by Crippen LogP contribution is -2.44. The fourth-order valence-electron chi connectivity index (χ4n) is 4.62. The second-order valence-corrected chi connectivity index (χ2v) is 20.0. The molecule has 1 atom stereocenters. The van der Waals surface area contributed by atoms with Crippen LogP contribution in [0, 0.1) is 12.8 Å². The number of amides is 2. The van der Waals surface area contributed by atoms with Crippen LogP contribution in [0.25, 0.3) is 0 Å². The van der Waals surface area contributed by atoms with Crippen molar-refractivity contribution in [3.05, 3.63) is 77.4 Å². The standard InChI is InChI=1S/C18H22F3N3O4S.C18H24N2O4S/c1-10(2)15(16(25)23-13-8-12(28-24-13)17(3,4)5)29(26,27)14-7-6-11(9-22-14)18(19,20)21;1-12-7-9-13(10-8-12)25(22,23)18(5,6)16(21)19-15-11-14(24-20-15)17(2,3)4/h6-10,15H,1-5H3,(H,23,24,25);7-11H,1-6H3,(H,19,20,21). The summed E-state index contributed by atoms with van der Waals surface area (Å²) in [5.74, 6) is -0.901. The Morgan fingerprint density at radius 2 is 1.22 bits per heavy atom. The van der Waals surface area contributed by atoms with Crippen molar-refractivity contribution in [2.75, 3.05) is 10.6 Å². The van der Waals surface area contributed by atoms with Crippen molar-refractivity contribution in [3.8, 4) is 0 Å². The molecule has 4 aromatic rings. The molecule has 54 heavy (non-hydrogen) atoms. The van der Waals surface area contributed by atoms with Crippen molar-refractivity contribution in [1.82, 2.24) is 15.3 Å². The lowest BCUT2D eigenvalue weighted by atomic mass is 9.93. The van der Waals surface area contributed by atoms with Crippen molar-refractivity contribution in [3.63, 3.8) is 0 Å². The first-order chi connectivity index (χ1) is 24.5. The number of benzene rings is 1. The van der Waals surface area contributed by atoms with Crippen LogP contribution in [-0.4, -0.2) is 53.9 Å². The van der Waals surface area contributed by atoms with E-state index >= 15 is 0 Å². The highest BCUT2D eigenvalue weighted by atomic mass is 32.2. The highest BCUT2D eigenvalue weighted by molar-refractivity contribution is 7.93. The Kier molecular flexibility index (Phi) is 12.7. The molecule has 0 saturated heterocycles. The average Bonchev–Trinajstić information content (AvgIpc) is 3.71. The number of carbonyl (C=O) groups excluding carboxylic acids is 2. The number of rotatable bonds is 9. The van der Waals surface area contributed by atoms with Crippen LogP contribution in [0.5, 0.6) is 0 Å². The first-order valence-corrected chi connectivity index (χ1v) is 19.7. The zero-order valence-electron chi connectivity index (χ0n) is 31.9. The van der Waals surface area contributed by atoms with Gasteiger partial charge in [-0.2, -0.15) is 13.2 Å². The fourth-order valence-corrected chi connectivity index (χ4v) is 7.78. The van der Waals surface area contributed by atoms with Crippen molar-refractivity contribution in [2.24, 2.45) is 5.92 Å². The van der Waals surface area contributed by atoms with Gasteiger partial charge in [0, 0.05) is 29.2 Å². The van der Waals surface area contributed by atoms with E-state index in [1.165, 1.54) is 45.9 Å². The number of anilines is 2. The lowest BCUT2D eigenvalue weighted by Gasteiger charge is -2.23. The molecule has 18 heteroatoms. The van der Waals surface area contributed by atoms with E-state index in [-0.39, 0.29) is 27.4 Å². The molecule has 2 N–H and O–H groups in total. The molecular formula is C36H46F3N5O8S2. The largest absolute Gasteiger partial charge is 0.417 e. The van der Waals surface area contributed by atoms with Gasteiger partial charge >= 0.3 is 6.18 Å². The SMILES string of the molecule is CC(C)C(C(=O)Nc1cc(C(C)(C)C)on1)S(=O)(=O)c1ccc(C(F)(F)F)cn1.Cc1ccc(S(=O)(=O)C(C)(C)C(=O)Nc2cc(C(C)(C)C)on2)cc1. The van der Waals surface area contributed by atoms with Gasteiger partial charge in [0.05, 0.1) is 10.5 Å². The van der Waals surface area contributed by atoms with E-state index < -0.39 is 64.2 Å². The second kappa shape index (κ2) is 15.6. The van der Waals surface area contributed by atoms with Gasteiger partial charge < -0.3 is 19.7 Å². The number of aromatic nitrogens is 3. The van der Waals surface area contributed by atoms with E-state index in [0.29, 0.717) is 23.8 Å². The Hall–Kier alpha value is -4.58. The summed E-state index contributed by atoms with van der Waals surface area (Å²) in [6, 6.07) is 10.9. The summed E-state index contributed by atoms with van der Waals surface area (Å²) in [6.07, 6.45) is -4.22. The molecule has 13 nitrogen and oxygen atoms in total. The fraction of sp³-hybridized carbons (Fsp3) is 0.472. The summed E-state index contributed by atoms with van der Waals surface area (Å²) in [6.45, 7) is 19.1. The molecule has 1 aromatic carbocycles. The number of hydrogen-bond donors (Lipinski definition) is 2. The molecule has 0 aliphatic heterocycles. The summed E-state index contributed by atoms with van der Waals surface area (Å²) in [4.78, 5) is 28.8. The topological polar surface area (TPSA) is 191 Å². The molecular weight excluding hydrogens is 752 g/mol. The Morgan fingerprint density at radius 1 is 0.741 bits per heavy atom. The number of pyridine rings is 1. The number of sulfone groups is 2. The molecule has 0 aliphatic rings. The number of nitrogens with zero attached hydrogens (tertiary/aromatic N) is 3. The van der Waals surface area contributed by atoms with Crippen LogP contribution in [0.2, 0.25) is 0 Å². The highest BCUT2D eigenvalue weighted by Gasteiger charge is 2.43. The Labute approximate surface area is 313 Å². The third kappa shape index (κ3) is 10.1. The number of nitrogens with one attached hydrogen (secondary N) is 2. The monoisotopic (exact) mass is 797 g/mol. The third-order valence-electron chi connectivity index (χ3n) is 8.09. The first-order valence-electron chi connectivity index (χ1n) is 16.6. The number of aryl methyl sites for hydroxylation is 1. The maximum atomic E-state index is 12.9. The third-order valence-corrected chi connectivity index (χ3v) is 12.8. The normalized spacial score (nSPS) is 13.5. The van der Waals surface area contributed by atoms with Crippen LogP contribution in [0.4, 0.5) is 24.8 Å². The summed E-state index contributed by atoms with van der Waals surface area (Å²) in [7, 11) is -8.22. The molecule has 0 radical (unpaired) electrons. The maximum Gasteiger partial charge on any atom is 0.417 e. The van der Waals surface area contributed by atoms with E-state index in [1.54, 1.807) is 18.2 Å². The van der Waals surface area contributed by atoms with Gasteiger partial charge in [0.2, 0.25) is 21.7 Å². The van der Waals surface area contributed by atoms with Gasteiger partial charge in [-0.25, -0.2) is 21.8 Å². The van der Waals surface area contributed by atoms with Crippen LogP contribution in [0.15, 0.2) is 73.7 Å². The molecule has 4 rings (SSSR count). The van der Waals surface area contributed by atoms with Crippen LogP contribution >= 0.6 is 0 Å². The summed E-state index contributed by atoms with van der Waals surface area (Å²) in [5.41, 5.74) is -0.777. The quantitative estimate of drug-likeness (QED) is 0.173. The van der Waals surface area contributed by atoms with Crippen molar-refractivity contribution >= 4 is 43.1 Å². The number of alkyl halides is 3. The smallest absolute Gasteiger partial charge is 0.359 e. The molecule has 0 bridgehead atoms. The molecule has 296 valence electrons. The van der Waals surface area contributed by atoms with Gasteiger partial charge in [0.25, 0.3) is 0 Å². The highest BCUT2D eigenvalue weighted by Crippen LogP contribution is 2.31. The molecule has 2 amide bonds. The van der Waals surface area contributed by atoms with Crippen LogP contribution < -0.4 is 10.6 Å². The molecule has 0 spiro atoms. The molecule has 3 heterocycles. The van der Waals surface area contributed by atoms with Gasteiger partial charge in [0.1, 0.15) is 21.5 Å². The molecule has 3 aromatic heterocycles. The second-order valence-electron chi connectivity index (χ2n) is 15.5. The molecule has 1 unspecified atom stereocenters. The summed E-state index contributed by atoms with van der Waals surface area (Å²) < 4.78 is 98.2. The van der Waals surface area contributed by atoms with Gasteiger partial charge in [-0.05, 0) is 51.0 Å². The number of carbonyl (C=O) groups is 2. The minimum absolute atomic E-state index is 0.0427. The predicted octanol–water partition coefficient (Wildman–Crippen LogP) is 7.29. The predicted molar refractivity (Wildman–Crippen MR) is 195 cm³/mol. The zero-order valence-corrected chi connectivity index (χ0v) is 33.5. The van der Waals surface area contributed by atoms with E-state index in [9.17, 15) is 39.6 Å². The van der Waals surface area contributed by atoms with Crippen LogP contribution in [-0.2, 0) is 46.3 Å². The van der Waals surface area contributed by atoms with Crippen molar-refractivity contribution in [2.45, 2.75) is 113 Å². The Balaban J connectivity index is 0.000000294. The molecule has 0 fully saturated rings. The zero-order chi connectivity index (χ0) is 41.2. The lowest BCUT2D eigenvalue weighted by molar-refractivity contribution is -0.138. The van der Waals surface area contributed by atoms with Crippen molar-refractivity contribution < 1.29 is 48.6 Å². The maximum absolute atomic E-state index is 12.9. The number of halogens is 3. The minimum Gasteiger partial charge on any atom is -0.359 e. The average molecular weight is 798 g/mol. The van der Waals surface area contributed by atoms with Crippen LogP contribution in [0.1, 0.15) is 91.9 Å². The minimum atomic E-state index is -4.65. The van der Waals surface area contributed by atoms with E-state index in [0.717, 1.165) is 11.6 Å². The van der Waals surface area contributed by atoms with E-state index in [4.69, 9.17) is 9.05 Å². The first kappa shape index (κ1) is 43.8. The molecule has 0 saturated carbocycles. The summed E-state index contributed by atoms with van der Waals surface area (Å²) in [5, 5.41) is 10.3.